The van der Waals surface area contributed by atoms with E-state index in [1.807, 2.05) is 24.6 Å². The standard InChI is InChI=1S/C14H21N5O2S/c1-12(2)19-13(3-6-16-19)22(20,21)17-9-14(4-5-14)10-18-8-7-15-11-18/h3,6-8,11-12,17H,4-5,9-10H2,1-2H3. The monoisotopic (exact) mass is 323 g/mol. The average Bonchev–Trinajstić information content (AvgIpc) is 2.90. The fourth-order valence-corrected chi connectivity index (χ4v) is 3.95. The first-order chi connectivity index (χ1) is 10.4. The molecule has 0 amide bonds. The highest BCUT2D eigenvalue weighted by atomic mass is 32.2. The Morgan fingerprint density at radius 3 is 2.73 bits per heavy atom. The molecule has 2 aromatic heterocycles. The molecule has 2 heterocycles. The van der Waals surface area contributed by atoms with Crippen LogP contribution in [0.25, 0.3) is 0 Å². The number of hydrogen-bond donors (Lipinski definition) is 1. The Kier molecular flexibility index (Phi) is 3.82. The SMILES string of the molecule is CC(C)n1nccc1S(=O)(=O)NCC1(Cn2ccnc2)CC1. The van der Waals surface area contributed by atoms with E-state index in [0.717, 1.165) is 19.4 Å². The van der Waals surface area contributed by atoms with Gasteiger partial charge in [-0.3, -0.25) is 4.68 Å². The van der Waals surface area contributed by atoms with E-state index >= 15 is 0 Å². The van der Waals surface area contributed by atoms with Crippen LogP contribution in [0.5, 0.6) is 0 Å². The Morgan fingerprint density at radius 1 is 1.36 bits per heavy atom. The van der Waals surface area contributed by atoms with Crippen LogP contribution in [-0.4, -0.2) is 34.3 Å². The van der Waals surface area contributed by atoms with Gasteiger partial charge < -0.3 is 4.57 Å². The number of imidazole rings is 1. The summed E-state index contributed by atoms with van der Waals surface area (Å²) in [7, 11) is -3.54. The summed E-state index contributed by atoms with van der Waals surface area (Å²) in [6, 6.07) is 1.54. The summed E-state index contributed by atoms with van der Waals surface area (Å²) >= 11 is 0. The molecule has 0 radical (unpaired) electrons. The second kappa shape index (κ2) is 5.51. The van der Waals surface area contributed by atoms with Gasteiger partial charge in [0, 0.05) is 36.9 Å². The summed E-state index contributed by atoms with van der Waals surface area (Å²) in [4.78, 5) is 4.03. The van der Waals surface area contributed by atoms with Crippen LogP contribution < -0.4 is 4.72 Å². The van der Waals surface area contributed by atoms with Gasteiger partial charge in [0.1, 0.15) is 0 Å². The summed E-state index contributed by atoms with van der Waals surface area (Å²) in [5, 5.41) is 4.31. The van der Waals surface area contributed by atoms with Gasteiger partial charge in [0.25, 0.3) is 10.0 Å². The Hall–Kier alpha value is -1.67. The fourth-order valence-electron chi connectivity index (χ4n) is 2.56. The van der Waals surface area contributed by atoms with Crippen LogP contribution in [-0.2, 0) is 16.6 Å². The number of hydrogen-bond acceptors (Lipinski definition) is 4. The molecule has 1 N–H and O–H groups in total. The second-order valence-corrected chi connectivity index (χ2v) is 7.98. The Bertz CT molecular complexity index is 729. The van der Waals surface area contributed by atoms with Gasteiger partial charge in [-0.15, -0.1) is 0 Å². The molecule has 0 aromatic carbocycles. The lowest BCUT2D eigenvalue weighted by Crippen LogP contribution is -2.33. The van der Waals surface area contributed by atoms with Gasteiger partial charge in [-0.1, -0.05) is 0 Å². The molecular formula is C14H21N5O2S. The third kappa shape index (κ3) is 3.07. The molecule has 1 saturated carbocycles. The third-order valence-electron chi connectivity index (χ3n) is 4.07. The molecule has 0 spiro atoms. The van der Waals surface area contributed by atoms with Gasteiger partial charge in [0.05, 0.1) is 12.5 Å². The first-order valence-corrected chi connectivity index (χ1v) is 8.89. The molecule has 0 unspecified atom stereocenters. The van der Waals surface area contributed by atoms with E-state index in [4.69, 9.17) is 0 Å². The highest BCUT2D eigenvalue weighted by Crippen LogP contribution is 2.46. The van der Waals surface area contributed by atoms with Crippen LogP contribution in [0.1, 0.15) is 32.7 Å². The predicted octanol–water partition coefficient (Wildman–Crippen LogP) is 1.42. The molecule has 3 rings (SSSR count). The number of aromatic nitrogens is 4. The van der Waals surface area contributed by atoms with Crippen molar-refractivity contribution in [2.24, 2.45) is 5.41 Å². The lowest BCUT2D eigenvalue weighted by Gasteiger charge is -2.17. The summed E-state index contributed by atoms with van der Waals surface area (Å²) in [6.07, 6.45) is 8.98. The Labute approximate surface area is 130 Å². The van der Waals surface area contributed by atoms with Crippen molar-refractivity contribution in [1.82, 2.24) is 24.1 Å². The zero-order chi connectivity index (χ0) is 15.8. The molecule has 1 aliphatic rings. The van der Waals surface area contributed by atoms with Crippen LogP contribution >= 0.6 is 0 Å². The van der Waals surface area contributed by atoms with Gasteiger partial charge in [-0.25, -0.2) is 18.1 Å². The smallest absolute Gasteiger partial charge is 0.257 e. The zero-order valence-electron chi connectivity index (χ0n) is 12.8. The van der Waals surface area contributed by atoms with E-state index in [-0.39, 0.29) is 16.5 Å². The average molecular weight is 323 g/mol. The molecule has 0 saturated heterocycles. The highest BCUT2D eigenvalue weighted by molar-refractivity contribution is 7.89. The molecule has 0 aliphatic heterocycles. The van der Waals surface area contributed by atoms with E-state index in [0.29, 0.717) is 6.54 Å². The molecule has 7 nitrogen and oxygen atoms in total. The molecule has 120 valence electrons. The lowest BCUT2D eigenvalue weighted by atomic mass is 10.1. The van der Waals surface area contributed by atoms with Crippen LogP contribution in [0.2, 0.25) is 0 Å². The number of nitrogens with one attached hydrogen (secondary N) is 1. The fraction of sp³-hybridized carbons (Fsp3) is 0.571. The number of nitrogens with zero attached hydrogens (tertiary/aromatic N) is 4. The van der Waals surface area contributed by atoms with Crippen molar-refractivity contribution in [2.75, 3.05) is 6.54 Å². The molecule has 8 heteroatoms. The lowest BCUT2D eigenvalue weighted by molar-refractivity contribution is 0.413. The van der Waals surface area contributed by atoms with Crippen molar-refractivity contribution in [3.8, 4) is 0 Å². The topological polar surface area (TPSA) is 81.8 Å². The first kappa shape index (κ1) is 15.2. The number of sulfonamides is 1. The van der Waals surface area contributed by atoms with Crippen LogP contribution in [0.4, 0.5) is 0 Å². The van der Waals surface area contributed by atoms with Gasteiger partial charge in [0.2, 0.25) is 0 Å². The van der Waals surface area contributed by atoms with Crippen molar-refractivity contribution in [1.29, 1.82) is 0 Å². The van der Waals surface area contributed by atoms with Crippen molar-refractivity contribution in [3.05, 3.63) is 31.0 Å². The molecule has 1 aliphatic carbocycles. The van der Waals surface area contributed by atoms with E-state index in [9.17, 15) is 8.42 Å². The second-order valence-electron chi connectivity index (χ2n) is 6.27. The van der Waals surface area contributed by atoms with E-state index in [1.165, 1.54) is 16.9 Å². The minimum absolute atomic E-state index is 0.00223. The summed E-state index contributed by atoms with van der Waals surface area (Å²) in [6.45, 7) is 5.05. The number of rotatable bonds is 7. The Balaban J connectivity index is 1.69. The van der Waals surface area contributed by atoms with Gasteiger partial charge in [0.15, 0.2) is 5.03 Å². The van der Waals surface area contributed by atoms with Crippen molar-refractivity contribution >= 4 is 10.0 Å². The maximum Gasteiger partial charge on any atom is 0.257 e. The molecular weight excluding hydrogens is 302 g/mol. The van der Waals surface area contributed by atoms with Crippen molar-refractivity contribution in [3.63, 3.8) is 0 Å². The first-order valence-electron chi connectivity index (χ1n) is 7.41. The van der Waals surface area contributed by atoms with Gasteiger partial charge >= 0.3 is 0 Å². The summed E-state index contributed by atoms with van der Waals surface area (Å²) in [5.41, 5.74) is 0.0104. The maximum absolute atomic E-state index is 12.5. The minimum Gasteiger partial charge on any atom is -0.337 e. The maximum atomic E-state index is 12.5. The van der Waals surface area contributed by atoms with Crippen molar-refractivity contribution in [2.45, 2.75) is 44.3 Å². The summed E-state index contributed by atoms with van der Waals surface area (Å²) < 4.78 is 31.3. The molecule has 22 heavy (non-hydrogen) atoms. The zero-order valence-corrected chi connectivity index (χ0v) is 13.6. The van der Waals surface area contributed by atoms with Crippen LogP contribution in [0.15, 0.2) is 36.0 Å². The van der Waals surface area contributed by atoms with E-state index in [1.54, 1.807) is 12.5 Å². The molecule has 1 fully saturated rings. The normalized spacial score (nSPS) is 17.0. The minimum atomic E-state index is -3.54. The van der Waals surface area contributed by atoms with Crippen molar-refractivity contribution < 1.29 is 8.42 Å². The van der Waals surface area contributed by atoms with Crippen LogP contribution in [0, 0.1) is 5.41 Å². The molecule has 0 bridgehead atoms. The van der Waals surface area contributed by atoms with Gasteiger partial charge in [-0.05, 0) is 32.8 Å². The third-order valence-corrected chi connectivity index (χ3v) is 5.47. The van der Waals surface area contributed by atoms with E-state index in [2.05, 4.69) is 14.8 Å². The Morgan fingerprint density at radius 2 is 2.14 bits per heavy atom. The van der Waals surface area contributed by atoms with Gasteiger partial charge in [-0.2, -0.15) is 5.10 Å². The van der Waals surface area contributed by atoms with Crippen LogP contribution in [0.3, 0.4) is 0 Å². The predicted molar refractivity (Wildman–Crippen MR) is 81.7 cm³/mol. The van der Waals surface area contributed by atoms with E-state index < -0.39 is 10.0 Å². The molecule has 0 atom stereocenters. The molecule has 2 aromatic rings. The largest absolute Gasteiger partial charge is 0.337 e. The summed E-state index contributed by atoms with van der Waals surface area (Å²) in [5.74, 6) is 0. The quantitative estimate of drug-likeness (QED) is 0.835. The highest BCUT2D eigenvalue weighted by Gasteiger charge is 2.43.